The Morgan fingerprint density at radius 1 is 0.923 bits per heavy atom. The van der Waals surface area contributed by atoms with Crippen LogP contribution in [-0.2, 0) is 19.1 Å². The fourth-order valence-corrected chi connectivity index (χ4v) is 2.39. The summed E-state index contributed by atoms with van der Waals surface area (Å²) in [5.74, 6) is -5.21. The number of carbonyl (C=O) groups excluding carboxylic acids is 4. The van der Waals surface area contributed by atoms with Crippen molar-refractivity contribution in [1.29, 1.82) is 0 Å². The minimum Gasteiger partial charge on any atom is -0.545 e. The molecule has 8 nitrogen and oxygen atoms in total. The molecule has 138 valence electrons. The summed E-state index contributed by atoms with van der Waals surface area (Å²) in [6, 6.07) is 2.23. The van der Waals surface area contributed by atoms with E-state index in [2.05, 4.69) is 13.2 Å². The molecule has 0 aliphatic heterocycles. The highest BCUT2D eigenvalue weighted by molar-refractivity contribution is 6.01. The molecule has 0 radical (unpaired) electrons. The van der Waals surface area contributed by atoms with Gasteiger partial charge in [-0.25, -0.2) is 9.59 Å². The highest BCUT2D eigenvalue weighted by Gasteiger charge is 2.26. The van der Waals surface area contributed by atoms with E-state index in [4.69, 9.17) is 9.47 Å². The maximum absolute atomic E-state index is 11.6. The van der Waals surface area contributed by atoms with Gasteiger partial charge in [0.1, 0.15) is 12.2 Å². The summed E-state index contributed by atoms with van der Waals surface area (Å²) in [7, 11) is 0. The lowest BCUT2D eigenvalue weighted by atomic mass is 9.90. The average molecular weight is 360 g/mol. The summed E-state index contributed by atoms with van der Waals surface area (Å²) < 4.78 is 10.1. The van der Waals surface area contributed by atoms with Crippen LogP contribution in [0.4, 0.5) is 0 Å². The molecule has 0 aliphatic rings. The van der Waals surface area contributed by atoms with Crippen LogP contribution < -0.4 is 10.2 Å². The van der Waals surface area contributed by atoms with E-state index in [0.717, 1.165) is 18.2 Å². The Hall–Kier alpha value is -3.42. The van der Waals surface area contributed by atoms with Crippen LogP contribution in [0.2, 0.25) is 0 Å². The molecule has 0 bridgehead atoms. The molecule has 1 aromatic carbocycles. The molecule has 1 aromatic rings. The molecule has 0 fully saturated rings. The van der Waals surface area contributed by atoms with E-state index in [1.807, 2.05) is 0 Å². The Morgan fingerprint density at radius 2 is 1.42 bits per heavy atom. The second-order valence-corrected chi connectivity index (χ2v) is 5.13. The number of rotatable bonds is 8. The van der Waals surface area contributed by atoms with Gasteiger partial charge in [-0.05, 0) is 19.4 Å². The van der Waals surface area contributed by atoms with Gasteiger partial charge in [-0.15, -0.1) is 0 Å². The predicted molar refractivity (Wildman–Crippen MR) is 84.5 cm³/mol. The van der Waals surface area contributed by atoms with Crippen molar-refractivity contribution in [3.05, 3.63) is 59.7 Å². The van der Waals surface area contributed by atoms with E-state index in [1.54, 1.807) is 0 Å². The molecule has 0 aromatic heterocycles. The molecule has 2 atom stereocenters. The second kappa shape index (κ2) is 8.61. The minimum absolute atomic E-state index is 0.119. The molecule has 2 unspecified atom stereocenters. The first-order valence-corrected chi connectivity index (χ1v) is 7.39. The maximum atomic E-state index is 11.6. The Kier molecular flexibility index (Phi) is 6.83. The van der Waals surface area contributed by atoms with Gasteiger partial charge in [0.05, 0.1) is 11.9 Å². The van der Waals surface area contributed by atoms with E-state index < -0.39 is 47.2 Å². The second-order valence-electron chi connectivity index (χ2n) is 5.13. The summed E-state index contributed by atoms with van der Waals surface area (Å²) in [6.45, 7) is 9.24. The third-order valence-electron chi connectivity index (χ3n) is 3.47. The number of carboxylic acids is 2. The van der Waals surface area contributed by atoms with Gasteiger partial charge in [-0.1, -0.05) is 25.3 Å². The van der Waals surface area contributed by atoms with Crippen molar-refractivity contribution in [3.8, 4) is 0 Å². The summed E-state index contributed by atoms with van der Waals surface area (Å²) in [5.41, 5.74) is -1.46. The molecule has 0 N–H and O–H groups in total. The third kappa shape index (κ3) is 4.56. The lowest BCUT2D eigenvalue weighted by molar-refractivity contribution is -0.259. The smallest absolute Gasteiger partial charge is 0.330 e. The van der Waals surface area contributed by atoms with Gasteiger partial charge in [0.2, 0.25) is 0 Å². The first kappa shape index (κ1) is 20.6. The minimum atomic E-state index is -1.82. The number of hydrogen-bond acceptors (Lipinski definition) is 8. The number of aromatic carboxylic acids is 2. The molecule has 1 rings (SSSR count). The average Bonchev–Trinajstić information content (AvgIpc) is 2.59. The molecular weight excluding hydrogens is 344 g/mol. The summed E-state index contributed by atoms with van der Waals surface area (Å²) >= 11 is 0. The van der Waals surface area contributed by atoms with Gasteiger partial charge >= 0.3 is 11.9 Å². The van der Waals surface area contributed by atoms with Gasteiger partial charge in [-0.3, -0.25) is 0 Å². The Bertz CT molecular complexity index is 778. The molecule has 0 heterocycles. The van der Waals surface area contributed by atoms with Crippen LogP contribution in [0, 0.1) is 0 Å². The highest BCUT2D eigenvalue weighted by Crippen LogP contribution is 2.33. The monoisotopic (exact) mass is 360 g/mol. The topological polar surface area (TPSA) is 133 Å². The van der Waals surface area contributed by atoms with Crippen LogP contribution in [0.25, 0.3) is 0 Å². The van der Waals surface area contributed by atoms with E-state index in [0.29, 0.717) is 0 Å². The summed E-state index contributed by atoms with van der Waals surface area (Å²) in [6.07, 6.45) is -0.424. The number of hydrogen-bond donors (Lipinski definition) is 0. The highest BCUT2D eigenvalue weighted by atomic mass is 16.5. The molecule has 8 heteroatoms. The lowest BCUT2D eigenvalue weighted by Crippen LogP contribution is -2.32. The van der Waals surface area contributed by atoms with Crippen molar-refractivity contribution >= 4 is 23.9 Å². The SMILES string of the molecule is C=CC(=O)OC(C)c1ccc(C(=O)[O-])c(C(=O)[O-])c1C(C)OC(=O)C=C. The van der Waals surface area contributed by atoms with Gasteiger partial charge in [0.25, 0.3) is 0 Å². The normalized spacial score (nSPS) is 12.4. The summed E-state index contributed by atoms with van der Waals surface area (Å²) in [4.78, 5) is 45.7. The van der Waals surface area contributed by atoms with Crippen molar-refractivity contribution in [2.24, 2.45) is 0 Å². The van der Waals surface area contributed by atoms with Crippen LogP contribution in [0.5, 0.6) is 0 Å². The van der Waals surface area contributed by atoms with E-state index in [9.17, 15) is 29.4 Å². The third-order valence-corrected chi connectivity index (χ3v) is 3.47. The van der Waals surface area contributed by atoms with Crippen LogP contribution in [-0.4, -0.2) is 23.9 Å². The largest absolute Gasteiger partial charge is 0.545 e. The number of ether oxygens (including phenoxy) is 2. The molecular formula is C18H16O8-2. The number of esters is 2. The van der Waals surface area contributed by atoms with Crippen LogP contribution in [0.15, 0.2) is 37.4 Å². The Balaban J connectivity index is 3.65. The van der Waals surface area contributed by atoms with Crippen molar-refractivity contribution in [1.82, 2.24) is 0 Å². The molecule has 0 amide bonds. The molecule has 0 aliphatic carbocycles. The van der Waals surface area contributed by atoms with Crippen LogP contribution in [0.1, 0.15) is 57.9 Å². The fourth-order valence-electron chi connectivity index (χ4n) is 2.39. The first-order valence-electron chi connectivity index (χ1n) is 7.39. The number of benzene rings is 1. The van der Waals surface area contributed by atoms with Crippen molar-refractivity contribution < 1.29 is 38.9 Å². The van der Waals surface area contributed by atoms with E-state index in [-0.39, 0.29) is 11.1 Å². The van der Waals surface area contributed by atoms with Gasteiger partial charge < -0.3 is 29.3 Å². The van der Waals surface area contributed by atoms with E-state index >= 15 is 0 Å². The van der Waals surface area contributed by atoms with Crippen molar-refractivity contribution in [3.63, 3.8) is 0 Å². The number of carboxylic acid groups (broad SMARTS) is 2. The van der Waals surface area contributed by atoms with Crippen molar-refractivity contribution in [2.45, 2.75) is 26.1 Å². The van der Waals surface area contributed by atoms with Crippen LogP contribution >= 0.6 is 0 Å². The molecule has 0 saturated heterocycles. The quantitative estimate of drug-likeness (QED) is 0.467. The van der Waals surface area contributed by atoms with Gasteiger partial charge in [-0.2, -0.15) is 0 Å². The standard InChI is InChI=1S/C18H18O8/c1-5-13(19)25-9(3)11-7-8-12(17(21)22)16(18(23)24)15(11)10(4)26-14(20)6-2/h5-10H,1-2H2,3-4H3,(H,21,22)(H,23,24)/p-2. The zero-order valence-corrected chi connectivity index (χ0v) is 14.1. The molecule has 0 saturated carbocycles. The number of carbonyl (C=O) groups is 4. The Labute approximate surface area is 149 Å². The van der Waals surface area contributed by atoms with Crippen molar-refractivity contribution in [2.75, 3.05) is 0 Å². The zero-order valence-electron chi connectivity index (χ0n) is 14.1. The van der Waals surface area contributed by atoms with E-state index in [1.165, 1.54) is 19.9 Å². The zero-order chi connectivity index (χ0) is 20.0. The lowest BCUT2D eigenvalue weighted by Gasteiger charge is -2.26. The Morgan fingerprint density at radius 3 is 1.85 bits per heavy atom. The first-order chi connectivity index (χ1) is 12.1. The summed E-state index contributed by atoms with van der Waals surface area (Å²) in [5, 5.41) is 22.8. The molecule has 0 spiro atoms. The van der Waals surface area contributed by atoms with Gasteiger partial charge in [0.15, 0.2) is 0 Å². The molecule has 26 heavy (non-hydrogen) atoms. The van der Waals surface area contributed by atoms with Crippen LogP contribution in [0.3, 0.4) is 0 Å². The fraction of sp³-hybridized carbons (Fsp3) is 0.222. The maximum Gasteiger partial charge on any atom is 0.330 e. The predicted octanol–water partition coefficient (Wildman–Crippen LogP) is -0.00600. The van der Waals surface area contributed by atoms with Gasteiger partial charge in [0, 0.05) is 28.8 Å².